The second-order valence-electron chi connectivity index (χ2n) is 6.45. The van der Waals surface area contributed by atoms with Crippen LogP contribution in [0.3, 0.4) is 0 Å². The summed E-state index contributed by atoms with van der Waals surface area (Å²) in [4.78, 5) is 11.5. The largest absolute Gasteiger partial charge is 0.573 e. The van der Waals surface area contributed by atoms with Crippen molar-refractivity contribution in [2.75, 3.05) is 16.6 Å². The molecule has 1 amide bonds. The van der Waals surface area contributed by atoms with E-state index in [1.807, 2.05) is 0 Å². The molecule has 0 saturated heterocycles. The van der Waals surface area contributed by atoms with Crippen molar-refractivity contribution >= 4 is 27.3 Å². The number of hydrogen-bond acceptors (Lipinski definition) is 7. The van der Waals surface area contributed by atoms with Gasteiger partial charge in [-0.1, -0.05) is 6.07 Å². The number of aliphatic hydroxyl groups is 2. The van der Waals surface area contributed by atoms with Crippen LogP contribution in [0.1, 0.15) is 13.8 Å². The van der Waals surface area contributed by atoms with Crippen molar-refractivity contribution < 1.29 is 46.1 Å². The molecule has 0 fully saturated rings. The number of hydrogen-bond donors (Lipinski definition) is 4. The van der Waals surface area contributed by atoms with Crippen molar-refractivity contribution in [3.05, 3.63) is 42.5 Å². The van der Waals surface area contributed by atoms with Crippen LogP contribution in [0.4, 0.5) is 24.5 Å². The number of carbonyl (C=O) groups is 1. The Hall–Kier alpha value is -3.03. The molecule has 2 atom stereocenters. The molecule has 2 aromatic rings. The summed E-state index contributed by atoms with van der Waals surface area (Å²) < 4.78 is 74.1. The number of aliphatic hydroxyl groups excluding tert-OH is 2. The number of ether oxygens (including phenoxy) is 2. The fourth-order valence-electron chi connectivity index (χ4n) is 2.48. The van der Waals surface area contributed by atoms with E-state index in [-0.39, 0.29) is 28.6 Å². The van der Waals surface area contributed by atoms with Crippen LogP contribution in [0.5, 0.6) is 11.5 Å². The molecule has 0 aliphatic carbocycles. The standard InChI is InChI=1S/C19H21F3N2O7S/c1-3-30-15-10-12(23-18(27)17(26)11(2)25)7-8-16(15)32(28,29)24-13-5-4-6-14(9-13)31-19(20,21)22/h4-11,17,24-26H,3H2,1-2H3,(H,23,27). The summed E-state index contributed by atoms with van der Waals surface area (Å²) in [6, 6.07) is 7.78. The topological polar surface area (TPSA) is 134 Å². The Morgan fingerprint density at radius 3 is 2.41 bits per heavy atom. The lowest BCUT2D eigenvalue weighted by Gasteiger charge is -2.17. The number of nitrogens with one attached hydrogen (secondary N) is 2. The van der Waals surface area contributed by atoms with Crippen LogP contribution >= 0.6 is 0 Å². The number of carbonyl (C=O) groups excluding carboxylic acids is 1. The molecule has 0 saturated carbocycles. The van der Waals surface area contributed by atoms with E-state index in [0.29, 0.717) is 0 Å². The normalized spacial score (nSPS) is 13.7. The minimum absolute atomic E-state index is 0.0606. The molecule has 176 valence electrons. The maximum atomic E-state index is 12.8. The zero-order valence-corrected chi connectivity index (χ0v) is 17.7. The van der Waals surface area contributed by atoms with Gasteiger partial charge in [-0.3, -0.25) is 9.52 Å². The summed E-state index contributed by atoms with van der Waals surface area (Å²) in [5.74, 6) is -1.69. The number of halogens is 3. The summed E-state index contributed by atoms with van der Waals surface area (Å²) in [6.07, 6.45) is -7.98. The number of alkyl halides is 3. The van der Waals surface area contributed by atoms with E-state index in [4.69, 9.17) is 4.74 Å². The van der Waals surface area contributed by atoms with E-state index in [0.717, 1.165) is 18.2 Å². The van der Waals surface area contributed by atoms with Gasteiger partial charge in [-0.05, 0) is 38.1 Å². The van der Waals surface area contributed by atoms with Crippen LogP contribution in [0, 0.1) is 0 Å². The van der Waals surface area contributed by atoms with Gasteiger partial charge in [0.1, 0.15) is 16.4 Å². The van der Waals surface area contributed by atoms with Gasteiger partial charge in [-0.15, -0.1) is 13.2 Å². The average molecular weight is 478 g/mol. The van der Waals surface area contributed by atoms with Gasteiger partial charge in [0.05, 0.1) is 18.4 Å². The molecule has 0 aliphatic rings. The summed E-state index contributed by atoms with van der Waals surface area (Å²) in [6.45, 7) is 2.86. The summed E-state index contributed by atoms with van der Waals surface area (Å²) in [7, 11) is -4.32. The Morgan fingerprint density at radius 1 is 1.12 bits per heavy atom. The molecule has 9 nitrogen and oxygen atoms in total. The molecule has 0 bridgehead atoms. The van der Waals surface area contributed by atoms with E-state index in [1.54, 1.807) is 6.92 Å². The van der Waals surface area contributed by atoms with E-state index in [2.05, 4.69) is 14.8 Å². The first kappa shape index (κ1) is 25.2. The Balaban J connectivity index is 2.31. The van der Waals surface area contributed by atoms with Crippen molar-refractivity contribution in [2.24, 2.45) is 0 Å². The van der Waals surface area contributed by atoms with E-state index < -0.39 is 40.3 Å². The second kappa shape index (κ2) is 10.1. The third kappa shape index (κ3) is 7.00. The molecule has 2 rings (SSSR count). The van der Waals surface area contributed by atoms with Crippen molar-refractivity contribution in [1.82, 2.24) is 0 Å². The number of rotatable bonds is 9. The highest BCUT2D eigenvalue weighted by atomic mass is 32.2. The highest BCUT2D eigenvalue weighted by Gasteiger charge is 2.31. The monoisotopic (exact) mass is 478 g/mol. The third-order valence-corrected chi connectivity index (χ3v) is 5.27. The molecule has 0 aliphatic heterocycles. The maximum Gasteiger partial charge on any atom is 0.573 e. The van der Waals surface area contributed by atoms with Crippen LogP contribution in [0.2, 0.25) is 0 Å². The summed E-state index contributed by atoms with van der Waals surface area (Å²) in [5, 5.41) is 21.2. The number of benzene rings is 2. The molecule has 2 unspecified atom stereocenters. The molecule has 0 radical (unpaired) electrons. The zero-order valence-electron chi connectivity index (χ0n) is 16.9. The first-order valence-corrected chi connectivity index (χ1v) is 10.6. The Kier molecular flexibility index (Phi) is 7.93. The highest BCUT2D eigenvalue weighted by Crippen LogP contribution is 2.31. The van der Waals surface area contributed by atoms with Crippen LogP contribution in [-0.4, -0.2) is 49.7 Å². The van der Waals surface area contributed by atoms with E-state index in [9.17, 15) is 36.6 Å². The van der Waals surface area contributed by atoms with Crippen LogP contribution in [0.15, 0.2) is 47.4 Å². The fourth-order valence-corrected chi connectivity index (χ4v) is 3.66. The van der Waals surface area contributed by atoms with Crippen LogP contribution in [0.25, 0.3) is 0 Å². The minimum atomic E-state index is -4.94. The Morgan fingerprint density at radius 2 is 1.81 bits per heavy atom. The van der Waals surface area contributed by atoms with Gasteiger partial charge in [0.2, 0.25) is 0 Å². The lowest BCUT2D eigenvalue weighted by Crippen LogP contribution is -2.36. The SMILES string of the molecule is CCOc1cc(NC(=O)C(O)C(C)O)ccc1S(=O)(=O)Nc1cccc(OC(F)(F)F)c1. The van der Waals surface area contributed by atoms with Crippen molar-refractivity contribution in [3.8, 4) is 11.5 Å². The zero-order chi connectivity index (χ0) is 24.1. The first-order chi connectivity index (χ1) is 14.8. The summed E-state index contributed by atoms with van der Waals surface area (Å²) in [5.41, 5.74) is -0.107. The van der Waals surface area contributed by atoms with Gasteiger partial charge in [-0.25, -0.2) is 8.42 Å². The van der Waals surface area contributed by atoms with Gasteiger partial charge in [0.15, 0.2) is 6.10 Å². The number of sulfonamides is 1. The first-order valence-electron chi connectivity index (χ1n) is 9.15. The van der Waals surface area contributed by atoms with Crippen LogP contribution < -0.4 is 19.5 Å². The van der Waals surface area contributed by atoms with Crippen LogP contribution in [-0.2, 0) is 14.8 Å². The predicted molar refractivity (Wildman–Crippen MR) is 108 cm³/mol. The average Bonchev–Trinajstić information content (AvgIpc) is 2.66. The fraction of sp³-hybridized carbons (Fsp3) is 0.316. The Bertz CT molecular complexity index is 1060. The number of anilines is 2. The maximum absolute atomic E-state index is 12.8. The molecule has 13 heteroatoms. The lowest BCUT2D eigenvalue weighted by molar-refractivity contribution is -0.274. The van der Waals surface area contributed by atoms with Crippen molar-refractivity contribution in [3.63, 3.8) is 0 Å². The van der Waals surface area contributed by atoms with Gasteiger partial charge in [0, 0.05) is 17.8 Å². The molecule has 4 N–H and O–H groups in total. The number of amides is 1. The molecule has 0 spiro atoms. The van der Waals surface area contributed by atoms with Gasteiger partial charge in [-0.2, -0.15) is 0 Å². The molecule has 0 aromatic heterocycles. The second-order valence-corrected chi connectivity index (χ2v) is 8.10. The highest BCUT2D eigenvalue weighted by molar-refractivity contribution is 7.92. The van der Waals surface area contributed by atoms with Gasteiger partial charge in [0.25, 0.3) is 15.9 Å². The molecule has 0 heterocycles. The lowest BCUT2D eigenvalue weighted by atomic mass is 10.2. The van der Waals surface area contributed by atoms with Crippen molar-refractivity contribution in [2.45, 2.75) is 37.3 Å². The predicted octanol–water partition coefficient (Wildman–Crippen LogP) is 2.46. The van der Waals surface area contributed by atoms with Gasteiger partial charge < -0.3 is 25.0 Å². The smallest absolute Gasteiger partial charge is 0.492 e. The molecule has 32 heavy (non-hydrogen) atoms. The minimum Gasteiger partial charge on any atom is -0.492 e. The molecular weight excluding hydrogens is 457 g/mol. The quantitative estimate of drug-likeness (QED) is 0.435. The molecular formula is C19H21F3N2O7S. The van der Waals surface area contributed by atoms with Crippen molar-refractivity contribution in [1.29, 1.82) is 0 Å². The Labute approximate surface area is 181 Å². The summed E-state index contributed by atoms with van der Waals surface area (Å²) >= 11 is 0. The molecule has 2 aromatic carbocycles. The van der Waals surface area contributed by atoms with E-state index >= 15 is 0 Å². The van der Waals surface area contributed by atoms with Gasteiger partial charge >= 0.3 is 6.36 Å². The third-order valence-electron chi connectivity index (χ3n) is 3.85. The van der Waals surface area contributed by atoms with E-state index in [1.165, 1.54) is 31.2 Å².